The summed E-state index contributed by atoms with van der Waals surface area (Å²) in [4.78, 5) is 24.6. The molecule has 1 saturated heterocycles. The molecule has 0 bridgehead atoms. The number of aliphatic hydroxyl groups is 1. The molecule has 0 radical (unpaired) electrons. The number of nitrogens with zero attached hydrogens (tertiary/aromatic N) is 1. The lowest BCUT2D eigenvalue weighted by Crippen LogP contribution is -2.52. The fourth-order valence-corrected chi connectivity index (χ4v) is 2.19. The van der Waals surface area contributed by atoms with Crippen molar-refractivity contribution in [2.24, 2.45) is 5.92 Å². The lowest BCUT2D eigenvalue weighted by Gasteiger charge is -2.27. The standard InChI is InChI=1S/C12H22N2O4/c1-3-8(2)10(11(16)17)13-12(18)14-6-4-5-9(14)7-15/h8-10,15H,3-7H2,1-2H3,(H,13,18)(H,16,17)/t8-,9?,10-/m0/s1. The lowest BCUT2D eigenvalue weighted by molar-refractivity contribution is -0.140. The highest BCUT2D eigenvalue weighted by Gasteiger charge is 2.32. The number of carboxylic acids is 1. The Morgan fingerprint density at radius 1 is 1.50 bits per heavy atom. The van der Waals surface area contributed by atoms with Gasteiger partial charge in [-0.05, 0) is 18.8 Å². The fraction of sp³-hybridized carbons (Fsp3) is 0.833. The summed E-state index contributed by atoms with van der Waals surface area (Å²) < 4.78 is 0. The van der Waals surface area contributed by atoms with Crippen molar-refractivity contribution < 1.29 is 19.8 Å². The van der Waals surface area contributed by atoms with E-state index in [2.05, 4.69) is 5.32 Å². The molecule has 1 fully saturated rings. The van der Waals surface area contributed by atoms with Crippen molar-refractivity contribution in [2.45, 2.75) is 45.2 Å². The highest BCUT2D eigenvalue weighted by atomic mass is 16.4. The van der Waals surface area contributed by atoms with E-state index in [-0.39, 0.29) is 24.6 Å². The first-order valence-electron chi connectivity index (χ1n) is 6.42. The number of rotatable bonds is 5. The van der Waals surface area contributed by atoms with Gasteiger partial charge in [0.05, 0.1) is 12.6 Å². The van der Waals surface area contributed by atoms with Crippen molar-refractivity contribution in [2.75, 3.05) is 13.2 Å². The number of hydrogen-bond donors (Lipinski definition) is 3. The van der Waals surface area contributed by atoms with Gasteiger partial charge in [0.2, 0.25) is 0 Å². The van der Waals surface area contributed by atoms with Crippen LogP contribution in [0.5, 0.6) is 0 Å². The van der Waals surface area contributed by atoms with E-state index in [1.165, 1.54) is 4.90 Å². The van der Waals surface area contributed by atoms with Crippen LogP contribution in [-0.4, -0.2) is 52.3 Å². The minimum absolute atomic E-state index is 0.0749. The Morgan fingerprint density at radius 2 is 2.17 bits per heavy atom. The maximum Gasteiger partial charge on any atom is 0.326 e. The zero-order chi connectivity index (χ0) is 13.7. The second kappa shape index (κ2) is 6.58. The van der Waals surface area contributed by atoms with Crippen molar-refractivity contribution >= 4 is 12.0 Å². The summed E-state index contributed by atoms with van der Waals surface area (Å²) in [5.41, 5.74) is 0. The third-order valence-electron chi connectivity index (χ3n) is 3.61. The number of carboxylic acid groups (broad SMARTS) is 1. The van der Waals surface area contributed by atoms with Crippen LogP contribution in [0.1, 0.15) is 33.1 Å². The Balaban J connectivity index is 2.63. The van der Waals surface area contributed by atoms with Crippen LogP contribution in [0, 0.1) is 5.92 Å². The Kier molecular flexibility index (Phi) is 5.40. The van der Waals surface area contributed by atoms with Crippen LogP contribution in [0.15, 0.2) is 0 Å². The topological polar surface area (TPSA) is 89.9 Å². The molecule has 104 valence electrons. The van der Waals surface area contributed by atoms with E-state index in [9.17, 15) is 9.59 Å². The zero-order valence-corrected chi connectivity index (χ0v) is 10.9. The van der Waals surface area contributed by atoms with Gasteiger partial charge in [-0.3, -0.25) is 0 Å². The number of amides is 2. The number of hydrogen-bond acceptors (Lipinski definition) is 3. The Bertz CT molecular complexity index is 308. The Labute approximate surface area is 107 Å². The molecular weight excluding hydrogens is 236 g/mol. The molecule has 1 unspecified atom stereocenters. The van der Waals surface area contributed by atoms with Gasteiger partial charge in [0, 0.05) is 6.54 Å². The first-order valence-corrected chi connectivity index (χ1v) is 6.42. The van der Waals surface area contributed by atoms with Crippen LogP contribution in [-0.2, 0) is 4.79 Å². The molecule has 0 aromatic heterocycles. The van der Waals surface area contributed by atoms with E-state index in [1.807, 2.05) is 6.92 Å². The molecule has 1 aliphatic heterocycles. The zero-order valence-electron chi connectivity index (χ0n) is 10.9. The Hall–Kier alpha value is -1.30. The summed E-state index contributed by atoms with van der Waals surface area (Å²) in [6.07, 6.45) is 2.30. The third-order valence-corrected chi connectivity index (χ3v) is 3.61. The molecule has 2 amide bonds. The van der Waals surface area contributed by atoms with Crippen molar-refractivity contribution in [3.63, 3.8) is 0 Å². The summed E-state index contributed by atoms with van der Waals surface area (Å²) in [5.74, 6) is -1.14. The average molecular weight is 258 g/mol. The maximum absolute atomic E-state index is 12.0. The maximum atomic E-state index is 12.0. The largest absolute Gasteiger partial charge is 0.480 e. The third kappa shape index (κ3) is 3.35. The number of likely N-dealkylation sites (tertiary alicyclic amines) is 1. The summed E-state index contributed by atoms with van der Waals surface area (Å²) in [6.45, 7) is 4.18. The van der Waals surface area contributed by atoms with Crippen molar-refractivity contribution in [3.8, 4) is 0 Å². The van der Waals surface area contributed by atoms with Crippen molar-refractivity contribution in [1.82, 2.24) is 10.2 Å². The minimum atomic E-state index is -1.02. The van der Waals surface area contributed by atoms with Gasteiger partial charge >= 0.3 is 12.0 Å². The number of carbonyl (C=O) groups excluding carboxylic acids is 1. The van der Waals surface area contributed by atoms with Crippen molar-refractivity contribution in [3.05, 3.63) is 0 Å². The molecule has 0 saturated carbocycles. The fourth-order valence-electron chi connectivity index (χ4n) is 2.19. The summed E-state index contributed by atoms with van der Waals surface area (Å²) in [7, 11) is 0. The lowest BCUT2D eigenvalue weighted by atomic mass is 9.99. The van der Waals surface area contributed by atoms with Gasteiger partial charge in [0.1, 0.15) is 6.04 Å². The van der Waals surface area contributed by atoms with Crippen molar-refractivity contribution in [1.29, 1.82) is 0 Å². The monoisotopic (exact) mass is 258 g/mol. The van der Waals surface area contributed by atoms with Gasteiger partial charge in [-0.15, -0.1) is 0 Å². The number of aliphatic hydroxyl groups excluding tert-OH is 1. The molecule has 1 heterocycles. The van der Waals surface area contributed by atoms with Crippen LogP contribution in [0.4, 0.5) is 4.79 Å². The minimum Gasteiger partial charge on any atom is -0.480 e. The van der Waals surface area contributed by atoms with Gasteiger partial charge in [-0.1, -0.05) is 20.3 Å². The van der Waals surface area contributed by atoms with E-state index in [0.717, 1.165) is 12.8 Å². The van der Waals surface area contributed by atoms with E-state index in [1.54, 1.807) is 6.92 Å². The first kappa shape index (κ1) is 14.8. The molecule has 0 aromatic carbocycles. The smallest absolute Gasteiger partial charge is 0.326 e. The molecule has 6 heteroatoms. The molecule has 3 N–H and O–H groups in total. The quantitative estimate of drug-likeness (QED) is 0.675. The summed E-state index contributed by atoms with van der Waals surface area (Å²) in [5, 5.41) is 20.8. The van der Waals surface area contributed by atoms with Gasteiger partial charge in [-0.25, -0.2) is 9.59 Å². The molecule has 0 aromatic rings. The van der Waals surface area contributed by atoms with Gasteiger partial charge in [0.15, 0.2) is 0 Å². The molecule has 0 aliphatic carbocycles. The van der Waals surface area contributed by atoms with Crippen LogP contribution in [0.2, 0.25) is 0 Å². The van der Waals surface area contributed by atoms with E-state index in [4.69, 9.17) is 10.2 Å². The number of aliphatic carboxylic acids is 1. The molecule has 1 rings (SSSR count). The SMILES string of the molecule is CC[C@H](C)[C@H](NC(=O)N1CCCC1CO)C(=O)O. The number of carbonyl (C=O) groups is 2. The van der Waals surface area contributed by atoms with Crippen LogP contribution >= 0.6 is 0 Å². The summed E-state index contributed by atoms with van der Waals surface area (Å²) in [6, 6.07) is -1.45. The second-order valence-corrected chi connectivity index (χ2v) is 4.82. The van der Waals surface area contributed by atoms with Crippen LogP contribution in [0.3, 0.4) is 0 Å². The normalized spacial score (nSPS) is 22.6. The average Bonchev–Trinajstić information content (AvgIpc) is 2.82. The first-order chi connectivity index (χ1) is 8.51. The highest BCUT2D eigenvalue weighted by molar-refractivity contribution is 5.83. The molecule has 18 heavy (non-hydrogen) atoms. The Morgan fingerprint density at radius 3 is 2.67 bits per heavy atom. The molecule has 0 spiro atoms. The van der Waals surface area contributed by atoms with E-state index >= 15 is 0 Å². The molecule has 6 nitrogen and oxygen atoms in total. The molecule has 1 aliphatic rings. The van der Waals surface area contributed by atoms with Crippen LogP contribution in [0.25, 0.3) is 0 Å². The van der Waals surface area contributed by atoms with E-state index < -0.39 is 12.0 Å². The van der Waals surface area contributed by atoms with Gasteiger partial charge in [0.25, 0.3) is 0 Å². The predicted molar refractivity (Wildman–Crippen MR) is 66.2 cm³/mol. The highest BCUT2D eigenvalue weighted by Crippen LogP contribution is 2.17. The van der Waals surface area contributed by atoms with Gasteiger partial charge < -0.3 is 20.4 Å². The molecule has 3 atom stereocenters. The molecular formula is C12H22N2O4. The predicted octanol–water partition coefficient (Wildman–Crippen LogP) is 0.652. The van der Waals surface area contributed by atoms with Gasteiger partial charge in [-0.2, -0.15) is 0 Å². The number of nitrogens with one attached hydrogen (secondary N) is 1. The second-order valence-electron chi connectivity index (χ2n) is 4.82. The van der Waals surface area contributed by atoms with E-state index in [0.29, 0.717) is 13.0 Å². The number of urea groups is 1. The summed E-state index contributed by atoms with van der Waals surface area (Å²) >= 11 is 0. The van der Waals surface area contributed by atoms with Crippen LogP contribution < -0.4 is 5.32 Å².